The summed E-state index contributed by atoms with van der Waals surface area (Å²) in [6.45, 7) is 6.31. The van der Waals surface area contributed by atoms with Crippen molar-refractivity contribution in [1.29, 1.82) is 0 Å². The van der Waals surface area contributed by atoms with Gasteiger partial charge in [0.2, 0.25) is 0 Å². The zero-order valence-electron chi connectivity index (χ0n) is 9.22. The van der Waals surface area contributed by atoms with Crippen LogP contribution in [0.4, 0.5) is 0 Å². The molecule has 1 aliphatic rings. The Labute approximate surface area is 91.1 Å². The van der Waals surface area contributed by atoms with E-state index < -0.39 is 0 Å². The van der Waals surface area contributed by atoms with E-state index in [1.165, 1.54) is 18.5 Å². The fourth-order valence-electron chi connectivity index (χ4n) is 1.91. The van der Waals surface area contributed by atoms with Crippen molar-refractivity contribution < 1.29 is 4.74 Å². The molecule has 0 aliphatic carbocycles. The smallest absolute Gasteiger partial charge is 0.0722 e. The standard InChI is InChI=1S/C12H18N2O/c1-2-14-8-5-12(9-14)15-10-11-3-6-13-7-4-11/h3-4,6-7,12H,2,5,8-10H2,1H3. The number of rotatable bonds is 4. The Morgan fingerprint density at radius 3 is 2.93 bits per heavy atom. The predicted octanol–water partition coefficient (Wildman–Crippen LogP) is 1.69. The molecule has 3 nitrogen and oxygen atoms in total. The minimum Gasteiger partial charge on any atom is -0.372 e. The van der Waals surface area contributed by atoms with Crippen molar-refractivity contribution in [3.63, 3.8) is 0 Å². The van der Waals surface area contributed by atoms with Crippen LogP contribution in [0.3, 0.4) is 0 Å². The molecule has 0 bridgehead atoms. The summed E-state index contributed by atoms with van der Waals surface area (Å²) in [6.07, 6.45) is 5.20. The zero-order chi connectivity index (χ0) is 10.5. The van der Waals surface area contributed by atoms with E-state index in [0.717, 1.165) is 13.1 Å². The topological polar surface area (TPSA) is 25.4 Å². The summed E-state index contributed by atoms with van der Waals surface area (Å²) < 4.78 is 5.85. The van der Waals surface area contributed by atoms with Gasteiger partial charge in [0.25, 0.3) is 0 Å². The Morgan fingerprint density at radius 2 is 2.27 bits per heavy atom. The van der Waals surface area contributed by atoms with Gasteiger partial charge in [0, 0.05) is 25.5 Å². The second-order valence-corrected chi connectivity index (χ2v) is 3.97. The van der Waals surface area contributed by atoms with E-state index in [2.05, 4.69) is 16.8 Å². The van der Waals surface area contributed by atoms with Crippen molar-refractivity contribution in [3.05, 3.63) is 30.1 Å². The van der Waals surface area contributed by atoms with Crippen molar-refractivity contribution in [2.75, 3.05) is 19.6 Å². The summed E-state index contributed by atoms with van der Waals surface area (Å²) in [5.74, 6) is 0. The Balaban J connectivity index is 1.75. The lowest BCUT2D eigenvalue weighted by Gasteiger charge is -2.13. The number of nitrogens with zero attached hydrogens (tertiary/aromatic N) is 2. The maximum Gasteiger partial charge on any atom is 0.0722 e. The van der Waals surface area contributed by atoms with Crippen LogP contribution in [0.1, 0.15) is 18.9 Å². The molecule has 3 heteroatoms. The number of hydrogen-bond acceptors (Lipinski definition) is 3. The van der Waals surface area contributed by atoms with Crippen molar-refractivity contribution in [2.45, 2.75) is 26.1 Å². The minimum absolute atomic E-state index is 0.415. The van der Waals surface area contributed by atoms with Gasteiger partial charge in [-0.25, -0.2) is 0 Å². The summed E-state index contributed by atoms with van der Waals surface area (Å²) in [5, 5.41) is 0. The SMILES string of the molecule is CCN1CCC(OCc2ccncc2)C1. The Kier molecular flexibility index (Phi) is 3.69. The Morgan fingerprint density at radius 1 is 1.47 bits per heavy atom. The van der Waals surface area contributed by atoms with Gasteiger partial charge in [-0.15, -0.1) is 0 Å². The fraction of sp³-hybridized carbons (Fsp3) is 0.583. The lowest BCUT2D eigenvalue weighted by molar-refractivity contribution is 0.0470. The molecule has 0 N–H and O–H groups in total. The molecule has 2 rings (SSSR count). The molecule has 1 atom stereocenters. The van der Waals surface area contributed by atoms with E-state index in [0.29, 0.717) is 12.7 Å². The monoisotopic (exact) mass is 206 g/mol. The molecular formula is C12H18N2O. The van der Waals surface area contributed by atoms with Crippen LogP contribution in [0.5, 0.6) is 0 Å². The van der Waals surface area contributed by atoms with Crippen molar-refractivity contribution >= 4 is 0 Å². The van der Waals surface area contributed by atoms with E-state index in [1.807, 2.05) is 24.5 Å². The van der Waals surface area contributed by atoms with Crippen LogP contribution >= 0.6 is 0 Å². The maximum atomic E-state index is 5.85. The molecule has 0 spiro atoms. The van der Waals surface area contributed by atoms with Gasteiger partial charge in [-0.05, 0) is 30.7 Å². The van der Waals surface area contributed by atoms with Crippen LogP contribution in [0, 0.1) is 0 Å². The largest absolute Gasteiger partial charge is 0.372 e. The highest BCUT2D eigenvalue weighted by molar-refractivity contribution is 5.08. The summed E-state index contributed by atoms with van der Waals surface area (Å²) in [7, 11) is 0. The van der Waals surface area contributed by atoms with E-state index in [9.17, 15) is 0 Å². The molecule has 0 aromatic carbocycles. The third-order valence-corrected chi connectivity index (χ3v) is 2.91. The van der Waals surface area contributed by atoms with Crippen LogP contribution < -0.4 is 0 Å². The Hall–Kier alpha value is -0.930. The molecule has 1 fully saturated rings. The number of ether oxygens (including phenoxy) is 1. The first-order chi connectivity index (χ1) is 7.38. The molecular weight excluding hydrogens is 188 g/mol. The second kappa shape index (κ2) is 5.24. The average molecular weight is 206 g/mol. The van der Waals surface area contributed by atoms with E-state index in [4.69, 9.17) is 4.74 Å². The summed E-state index contributed by atoms with van der Waals surface area (Å²) in [4.78, 5) is 6.41. The van der Waals surface area contributed by atoms with Crippen LogP contribution in [0.2, 0.25) is 0 Å². The minimum atomic E-state index is 0.415. The van der Waals surface area contributed by atoms with Gasteiger partial charge in [0.05, 0.1) is 12.7 Å². The molecule has 15 heavy (non-hydrogen) atoms. The third kappa shape index (κ3) is 3.01. The highest BCUT2D eigenvalue weighted by Gasteiger charge is 2.21. The summed E-state index contributed by atoms with van der Waals surface area (Å²) >= 11 is 0. The maximum absolute atomic E-state index is 5.85. The molecule has 1 aliphatic heterocycles. The van der Waals surface area contributed by atoms with Gasteiger partial charge in [0.15, 0.2) is 0 Å². The lowest BCUT2D eigenvalue weighted by Crippen LogP contribution is -2.22. The molecule has 2 heterocycles. The second-order valence-electron chi connectivity index (χ2n) is 3.97. The molecule has 1 aromatic heterocycles. The van der Waals surface area contributed by atoms with Crippen LogP contribution in [-0.4, -0.2) is 35.6 Å². The highest BCUT2D eigenvalue weighted by Crippen LogP contribution is 2.13. The van der Waals surface area contributed by atoms with Crippen LogP contribution in [-0.2, 0) is 11.3 Å². The van der Waals surface area contributed by atoms with Crippen molar-refractivity contribution in [1.82, 2.24) is 9.88 Å². The van der Waals surface area contributed by atoms with Crippen molar-refractivity contribution in [2.24, 2.45) is 0 Å². The number of hydrogen-bond donors (Lipinski definition) is 0. The van der Waals surface area contributed by atoms with Gasteiger partial charge in [-0.1, -0.05) is 6.92 Å². The molecule has 1 unspecified atom stereocenters. The lowest BCUT2D eigenvalue weighted by atomic mass is 10.3. The first-order valence-electron chi connectivity index (χ1n) is 5.61. The van der Waals surface area contributed by atoms with Gasteiger partial charge in [-0.3, -0.25) is 4.98 Å². The third-order valence-electron chi connectivity index (χ3n) is 2.91. The van der Waals surface area contributed by atoms with E-state index >= 15 is 0 Å². The summed E-state index contributed by atoms with van der Waals surface area (Å²) in [6, 6.07) is 4.01. The molecule has 82 valence electrons. The number of aromatic nitrogens is 1. The summed E-state index contributed by atoms with van der Waals surface area (Å²) in [5.41, 5.74) is 1.21. The van der Waals surface area contributed by atoms with Gasteiger partial charge in [0.1, 0.15) is 0 Å². The van der Waals surface area contributed by atoms with Gasteiger partial charge in [-0.2, -0.15) is 0 Å². The molecule has 0 saturated carbocycles. The Bertz CT molecular complexity index is 289. The van der Waals surface area contributed by atoms with E-state index in [1.54, 1.807) is 0 Å². The molecule has 0 amide bonds. The van der Waals surface area contributed by atoms with E-state index in [-0.39, 0.29) is 0 Å². The quantitative estimate of drug-likeness (QED) is 0.749. The predicted molar refractivity (Wildman–Crippen MR) is 59.5 cm³/mol. The normalized spacial score (nSPS) is 22.1. The van der Waals surface area contributed by atoms with Crippen molar-refractivity contribution in [3.8, 4) is 0 Å². The first-order valence-corrected chi connectivity index (χ1v) is 5.61. The molecule has 1 saturated heterocycles. The number of likely N-dealkylation sites (tertiary alicyclic amines) is 1. The first kappa shape index (κ1) is 10.6. The molecule has 0 radical (unpaired) electrons. The number of likely N-dealkylation sites (N-methyl/N-ethyl adjacent to an activating group) is 1. The average Bonchev–Trinajstić information content (AvgIpc) is 2.76. The highest BCUT2D eigenvalue weighted by atomic mass is 16.5. The van der Waals surface area contributed by atoms with Gasteiger partial charge < -0.3 is 9.64 Å². The zero-order valence-corrected chi connectivity index (χ0v) is 9.22. The van der Waals surface area contributed by atoms with Gasteiger partial charge >= 0.3 is 0 Å². The molecule has 1 aromatic rings. The van der Waals surface area contributed by atoms with Crippen LogP contribution in [0.15, 0.2) is 24.5 Å². The van der Waals surface area contributed by atoms with Crippen LogP contribution in [0.25, 0.3) is 0 Å². The number of pyridine rings is 1. The fourth-order valence-corrected chi connectivity index (χ4v) is 1.91.